The van der Waals surface area contributed by atoms with Crippen LogP contribution in [0, 0.1) is 0 Å². The van der Waals surface area contributed by atoms with Gasteiger partial charge in [0.1, 0.15) is 18.2 Å². The predicted octanol–water partition coefficient (Wildman–Crippen LogP) is 4.16. The standard InChI is InChI=1S/C33H44N4O7/c1-33(2,3)44-29(38)21-36-17-19-37(20-18-36)31(41)34-16-10-9-15-28(30(39)40)35(4)32(42)43-22-27-25-13-7-5-11-23(25)24-12-6-8-14-26(24)27/h5-8,11-14,27-28H,9-10,15-22H2,1-4H3,(H,34,41)(H,39,40)/t28-/m0/s1. The number of carbonyl (C=O) groups is 4. The van der Waals surface area contributed by atoms with Crippen molar-refractivity contribution in [2.75, 3.05) is 52.9 Å². The first kappa shape index (κ1) is 32.8. The minimum atomic E-state index is -1.10. The van der Waals surface area contributed by atoms with Crippen molar-refractivity contribution in [2.24, 2.45) is 0 Å². The molecule has 2 aromatic carbocycles. The number of fused-ring (bicyclic) bond motifs is 3. The highest BCUT2D eigenvalue weighted by molar-refractivity contribution is 5.81. The molecule has 11 heteroatoms. The van der Waals surface area contributed by atoms with E-state index in [4.69, 9.17) is 9.47 Å². The number of carboxylic acid groups (broad SMARTS) is 1. The van der Waals surface area contributed by atoms with E-state index in [1.807, 2.05) is 62.1 Å². The van der Waals surface area contributed by atoms with Gasteiger partial charge in [-0.15, -0.1) is 0 Å². The van der Waals surface area contributed by atoms with Crippen LogP contribution in [0.2, 0.25) is 0 Å². The number of ether oxygens (including phenoxy) is 2. The molecule has 1 heterocycles. The van der Waals surface area contributed by atoms with Gasteiger partial charge in [-0.1, -0.05) is 48.5 Å². The third-order valence-electron chi connectivity index (χ3n) is 7.99. The number of likely N-dealkylation sites (N-methyl/N-ethyl adjacent to an activating group) is 1. The summed E-state index contributed by atoms with van der Waals surface area (Å²) in [6.07, 6.45) is 0.613. The molecule has 1 saturated heterocycles. The van der Waals surface area contributed by atoms with Gasteiger partial charge in [0.25, 0.3) is 0 Å². The average Bonchev–Trinajstić information content (AvgIpc) is 3.30. The summed E-state index contributed by atoms with van der Waals surface area (Å²) in [6.45, 7) is 8.35. The lowest BCUT2D eigenvalue weighted by atomic mass is 9.98. The first-order valence-corrected chi connectivity index (χ1v) is 15.2. The topological polar surface area (TPSA) is 129 Å². The van der Waals surface area contributed by atoms with Crippen LogP contribution in [0.1, 0.15) is 57.1 Å². The van der Waals surface area contributed by atoms with Crippen molar-refractivity contribution in [3.05, 3.63) is 59.7 Å². The van der Waals surface area contributed by atoms with E-state index < -0.39 is 23.7 Å². The summed E-state index contributed by atoms with van der Waals surface area (Å²) in [5.74, 6) is -1.49. The van der Waals surface area contributed by atoms with Crippen LogP contribution < -0.4 is 5.32 Å². The van der Waals surface area contributed by atoms with Crippen LogP contribution in [0.25, 0.3) is 11.1 Å². The van der Waals surface area contributed by atoms with Crippen molar-refractivity contribution >= 4 is 24.1 Å². The van der Waals surface area contributed by atoms with Gasteiger partial charge in [0.2, 0.25) is 0 Å². The van der Waals surface area contributed by atoms with Gasteiger partial charge in [-0.05, 0) is 62.3 Å². The molecular formula is C33H44N4O7. The van der Waals surface area contributed by atoms with Crippen LogP contribution in [0.3, 0.4) is 0 Å². The lowest BCUT2D eigenvalue weighted by Crippen LogP contribution is -2.53. The molecule has 1 aliphatic heterocycles. The maximum atomic E-state index is 12.9. The normalized spacial score (nSPS) is 15.6. The molecule has 0 radical (unpaired) electrons. The fourth-order valence-corrected chi connectivity index (χ4v) is 5.74. The minimum Gasteiger partial charge on any atom is -0.480 e. The lowest BCUT2D eigenvalue weighted by Gasteiger charge is -2.34. The van der Waals surface area contributed by atoms with E-state index in [0.29, 0.717) is 45.6 Å². The Bertz CT molecular complexity index is 1290. The molecule has 2 N–H and O–H groups in total. The second-order valence-electron chi connectivity index (χ2n) is 12.3. The largest absolute Gasteiger partial charge is 0.480 e. The fourth-order valence-electron chi connectivity index (χ4n) is 5.74. The third-order valence-corrected chi connectivity index (χ3v) is 7.99. The number of esters is 1. The SMILES string of the molecule is CN(C(=O)OCC1c2ccccc2-c2ccccc21)[C@@H](CCCCNC(=O)N1CCN(CC(=O)OC(C)(C)C)CC1)C(=O)O. The van der Waals surface area contributed by atoms with Gasteiger partial charge in [0.05, 0.1) is 6.54 Å². The molecule has 4 rings (SSSR count). The zero-order valence-corrected chi connectivity index (χ0v) is 26.1. The first-order chi connectivity index (χ1) is 20.9. The number of hydrogen-bond acceptors (Lipinski definition) is 7. The Morgan fingerprint density at radius 2 is 1.55 bits per heavy atom. The van der Waals surface area contributed by atoms with E-state index in [-0.39, 0.29) is 37.5 Å². The number of nitrogens with one attached hydrogen (secondary N) is 1. The van der Waals surface area contributed by atoms with Crippen molar-refractivity contribution in [3.63, 3.8) is 0 Å². The smallest absolute Gasteiger partial charge is 0.410 e. The number of carbonyl (C=O) groups excluding carboxylic acids is 3. The number of amides is 3. The minimum absolute atomic E-state index is 0.111. The number of rotatable bonds is 11. The molecule has 238 valence electrons. The van der Waals surface area contributed by atoms with Crippen LogP contribution in [-0.2, 0) is 19.1 Å². The van der Waals surface area contributed by atoms with Crippen molar-refractivity contribution in [2.45, 2.75) is 57.6 Å². The highest BCUT2D eigenvalue weighted by Gasteiger charge is 2.32. The summed E-state index contributed by atoms with van der Waals surface area (Å²) in [7, 11) is 1.45. The third kappa shape index (κ3) is 8.49. The number of unbranched alkanes of at least 4 members (excludes halogenated alkanes) is 1. The number of nitrogens with zero attached hydrogens (tertiary/aromatic N) is 3. The second kappa shape index (κ2) is 14.6. The zero-order chi connectivity index (χ0) is 31.9. The van der Waals surface area contributed by atoms with Gasteiger partial charge in [-0.2, -0.15) is 0 Å². The number of hydrogen-bond donors (Lipinski definition) is 2. The van der Waals surface area contributed by atoms with Crippen LogP contribution in [-0.4, -0.2) is 108 Å². The predicted molar refractivity (Wildman–Crippen MR) is 165 cm³/mol. The Hall–Kier alpha value is -4.12. The molecule has 0 unspecified atom stereocenters. The molecule has 2 aromatic rings. The van der Waals surface area contributed by atoms with Crippen molar-refractivity contribution in [1.82, 2.24) is 20.0 Å². The summed E-state index contributed by atoms with van der Waals surface area (Å²) in [5, 5.41) is 12.7. The number of urea groups is 1. The molecule has 0 spiro atoms. The summed E-state index contributed by atoms with van der Waals surface area (Å²) in [4.78, 5) is 54.4. The average molecular weight is 609 g/mol. The van der Waals surface area contributed by atoms with Crippen LogP contribution in [0.15, 0.2) is 48.5 Å². The molecule has 2 aliphatic rings. The van der Waals surface area contributed by atoms with Gasteiger partial charge >= 0.3 is 24.1 Å². The Morgan fingerprint density at radius 3 is 2.11 bits per heavy atom. The van der Waals surface area contributed by atoms with Crippen LogP contribution in [0.5, 0.6) is 0 Å². The maximum absolute atomic E-state index is 12.9. The maximum Gasteiger partial charge on any atom is 0.410 e. The monoisotopic (exact) mass is 608 g/mol. The Balaban J connectivity index is 1.16. The van der Waals surface area contributed by atoms with Crippen molar-refractivity contribution in [3.8, 4) is 11.1 Å². The quantitative estimate of drug-likeness (QED) is 0.288. The van der Waals surface area contributed by atoms with E-state index in [0.717, 1.165) is 27.2 Å². The molecular weight excluding hydrogens is 564 g/mol. The molecule has 1 aliphatic carbocycles. The Morgan fingerprint density at radius 1 is 0.955 bits per heavy atom. The molecule has 0 aromatic heterocycles. The molecule has 1 atom stereocenters. The van der Waals surface area contributed by atoms with Crippen molar-refractivity contribution < 1.29 is 33.8 Å². The summed E-state index contributed by atoms with van der Waals surface area (Å²) in [6, 6.07) is 14.8. The highest BCUT2D eigenvalue weighted by atomic mass is 16.6. The zero-order valence-electron chi connectivity index (χ0n) is 26.1. The Labute approximate surface area is 259 Å². The molecule has 1 fully saturated rings. The van der Waals surface area contributed by atoms with E-state index in [1.54, 1.807) is 4.90 Å². The van der Waals surface area contributed by atoms with E-state index in [9.17, 15) is 24.3 Å². The summed E-state index contributed by atoms with van der Waals surface area (Å²) < 4.78 is 11.0. The first-order valence-electron chi connectivity index (χ1n) is 15.2. The summed E-state index contributed by atoms with van der Waals surface area (Å²) >= 11 is 0. The Kier molecular flexibility index (Phi) is 10.9. The number of piperazine rings is 1. The van der Waals surface area contributed by atoms with E-state index >= 15 is 0 Å². The van der Waals surface area contributed by atoms with E-state index in [2.05, 4.69) is 17.4 Å². The number of carboxylic acids is 1. The molecule has 11 nitrogen and oxygen atoms in total. The fraction of sp³-hybridized carbons (Fsp3) is 0.515. The molecule has 44 heavy (non-hydrogen) atoms. The van der Waals surface area contributed by atoms with Gasteiger partial charge in [0, 0.05) is 45.7 Å². The van der Waals surface area contributed by atoms with Gasteiger partial charge < -0.3 is 24.8 Å². The molecule has 0 bridgehead atoms. The van der Waals surface area contributed by atoms with Crippen molar-refractivity contribution in [1.29, 1.82) is 0 Å². The van der Waals surface area contributed by atoms with E-state index in [1.165, 1.54) is 7.05 Å². The van der Waals surface area contributed by atoms with Crippen LogP contribution in [0.4, 0.5) is 9.59 Å². The molecule has 0 saturated carbocycles. The lowest BCUT2D eigenvalue weighted by molar-refractivity contribution is -0.156. The van der Waals surface area contributed by atoms with Gasteiger partial charge in [-0.25, -0.2) is 14.4 Å². The van der Waals surface area contributed by atoms with Gasteiger partial charge in [-0.3, -0.25) is 14.6 Å². The van der Waals surface area contributed by atoms with Crippen LogP contribution >= 0.6 is 0 Å². The summed E-state index contributed by atoms with van der Waals surface area (Å²) in [5.41, 5.74) is 3.88. The highest BCUT2D eigenvalue weighted by Crippen LogP contribution is 2.44. The number of aliphatic carboxylic acids is 1. The van der Waals surface area contributed by atoms with Gasteiger partial charge in [0.15, 0.2) is 0 Å². The number of benzene rings is 2. The molecule has 3 amide bonds. The second-order valence-corrected chi connectivity index (χ2v) is 12.3.